The third-order valence-electron chi connectivity index (χ3n) is 4.58. The standard InChI is InChI=1S/C21H23N5O5/c1-11-24-20(26-31-11)15-10-17(29-3)16(28-2)9-14(15)18(21(27)30-4)25-13-7-5-12(6-8-13)19(22)23/h5-10,18,25H,1-4H3,(H3,22,23). The van der Waals surface area contributed by atoms with E-state index < -0.39 is 12.0 Å². The zero-order valence-electron chi connectivity index (χ0n) is 17.6. The molecule has 0 radical (unpaired) electrons. The molecule has 3 aromatic rings. The molecule has 0 saturated heterocycles. The van der Waals surface area contributed by atoms with Crippen molar-refractivity contribution in [2.45, 2.75) is 13.0 Å². The predicted octanol–water partition coefficient (Wildman–Crippen LogP) is 2.67. The van der Waals surface area contributed by atoms with Crippen LogP contribution in [0.2, 0.25) is 0 Å². The molecule has 1 unspecified atom stereocenters. The number of carbonyl (C=O) groups excluding carboxylic acids is 1. The number of nitrogens with one attached hydrogen (secondary N) is 2. The van der Waals surface area contributed by atoms with Gasteiger partial charge in [-0.2, -0.15) is 4.98 Å². The number of methoxy groups -OCH3 is 3. The second kappa shape index (κ2) is 9.16. The second-order valence-electron chi connectivity index (χ2n) is 6.52. The summed E-state index contributed by atoms with van der Waals surface area (Å²) in [5, 5.41) is 14.7. The van der Waals surface area contributed by atoms with E-state index in [2.05, 4.69) is 15.5 Å². The molecular formula is C21H23N5O5. The highest BCUT2D eigenvalue weighted by Crippen LogP contribution is 2.39. The number of amidine groups is 1. The van der Waals surface area contributed by atoms with E-state index >= 15 is 0 Å². The number of carbonyl (C=O) groups is 1. The first-order valence-electron chi connectivity index (χ1n) is 9.23. The number of aromatic nitrogens is 2. The summed E-state index contributed by atoms with van der Waals surface area (Å²) < 4.78 is 21.0. The molecule has 4 N–H and O–H groups in total. The Morgan fingerprint density at radius 2 is 1.77 bits per heavy atom. The zero-order chi connectivity index (χ0) is 22.5. The summed E-state index contributed by atoms with van der Waals surface area (Å²) in [7, 11) is 4.31. The molecule has 0 amide bonds. The van der Waals surface area contributed by atoms with E-state index in [4.69, 9.17) is 29.9 Å². The van der Waals surface area contributed by atoms with Crippen molar-refractivity contribution in [3.05, 3.63) is 53.4 Å². The van der Waals surface area contributed by atoms with Gasteiger partial charge in [-0.1, -0.05) is 5.16 Å². The lowest BCUT2D eigenvalue weighted by atomic mass is 9.98. The van der Waals surface area contributed by atoms with Crippen molar-refractivity contribution in [1.29, 1.82) is 5.41 Å². The van der Waals surface area contributed by atoms with Gasteiger partial charge < -0.3 is 29.8 Å². The maximum atomic E-state index is 12.8. The molecule has 2 aromatic carbocycles. The van der Waals surface area contributed by atoms with Gasteiger partial charge in [0.1, 0.15) is 5.84 Å². The van der Waals surface area contributed by atoms with E-state index in [1.807, 2.05) is 0 Å². The SMILES string of the molecule is COC(=O)C(Nc1ccc(C(=N)N)cc1)c1cc(OC)c(OC)cc1-c1noc(C)n1. The highest BCUT2D eigenvalue weighted by Gasteiger charge is 2.28. The summed E-state index contributed by atoms with van der Waals surface area (Å²) in [5.74, 6) is 0.937. The Bertz CT molecular complexity index is 1090. The minimum Gasteiger partial charge on any atom is -0.493 e. The summed E-state index contributed by atoms with van der Waals surface area (Å²) in [5.41, 5.74) is 7.70. The van der Waals surface area contributed by atoms with Crippen molar-refractivity contribution in [2.24, 2.45) is 5.73 Å². The van der Waals surface area contributed by atoms with Gasteiger partial charge in [-0.3, -0.25) is 5.41 Å². The molecule has 31 heavy (non-hydrogen) atoms. The zero-order valence-corrected chi connectivity index (χ0v) is 17.6. The fourth-order valence-corrected chi connectivity index (χ4v) is 3.03. The number of rotatable bonds is 8. The highest BCUT2D eigenvalue weighted by atomic mass is 16.5. The van der Waals surface area contributed by atoms with Crippen LogP contribution in [0.15, 0.2) is 40.9 Å². The van der Waals surface area contributed by atoms with E-state index in [1.165, 1.54) is 21.3 Å². The molecule has 10 nitrogen and oxygen atoms in total. The molecule has 10 heteroatoms. The minimum atomic E-state index is -0.929. The first-order valence-corrected chi connectivity index (χ1v) is 9.23. The normalized spacial score (nSPS) is 11.5. The Kier molecular flexibility index (Phi) is 6.39. The van der Waals surface area contributed by atoms with Crippen LogP contribution in [-0.4, -0.2) is 43.3 Å². The van der Waals surface area contributed by atoms with Crippen molar-refractivity contribution < 1.29 is 23.5 Å². The molecule has 0 aliphatic heterocycles. The monoisotopic (exact) mass is 425 g/mol. The first-order chi connectivity index (χ1) is 14.9. The average molecular weight is 425 g/mol. The van der Waals surface area contributed by atoms with Crippen LogP contribution in [0, 0.1) is 12.3 Å². The van der Waals surface area contributed by atoms with Crippen LogP contribution in [0.5, 0.6) is 11.5 Å². The summed E-state index contributed by atoms with van der Waals surface area (Å²) in [6, 6.07) is 9.19. The fraction of sp³-hybridized carbons (Fsp3) is 0.238. The second-order valence-corrected chi connectivity index (χ2v) is 6.52. The molecule has 1 atom stereocenters. The molecule has 0 fully saturated rings. The Balaban J connectivity index is 2.13. The molecule has 0 aliphatic rings. The van der Waals surface area contributed by atoms with Gasteiger partial charge in [0.05, 0.1) is 21.3 Å². The van der Waals surface area contributed by atoms with Gasteiger partial charge in [0.15, 0.2) is 17.5 Å². The molecule has 0 spiro atoms. The Morgan fingerprint density at radius 3 is 2.29 bits per heavy atom. The molecule has 0 aliphatic carbocycles. The average Bonchev–Trinajstić information content (AvgIpc) is 3.22. The van der Waals surface area contributed by atoms with E-state index in [9.17, 15) is 4.79 Å². The minimum absolute atomic E-state index is 0.0503. The number of nitrogens with zero attached hydrogens (tertiary/aromatic N) is 2. The molecule has 3 rings (SSSR count). The lowest BCUT2D eigenvalue weighted by Gasteiger charge is -2.22. The molecule has 1 aromatic heterocycles. The maximum Gasteiger partial charge on any atom is 0.333 e. The summed E-state index contributed by atoms with van der Waals surface area (Å²) in [4.78, 5) is 17.0. The fourth-order valence-electron chi connectivity index (χ4n) is 3.03. The van der Waals surface area contributed by atoms with E-state index in [-0.39, 0.29) is 11.7 Å². The largest absolute Gasteiger partial charge is 0.493 e. The van der Waals surface area contributed by atoms with E-state index in [0.29, 0.717) is 39.8 Å². The number of benzene rings is 2. The number of ether oxygens (including phenoxy) is 3. The topological polar surface area (TPSA) is 146 Å². The lowest BCUT2D eigenvalue weighted by molar-refractivity contribution is -0.141. The van der Waals surface area contributed by atoms with Crippen LogP contribution >= 0.6 is 0 Å². The Morgan fingerprint density at radius 1 is 1.13 bits per heavy atom. The van der Waals surface area contributed by atoms with Crippen molar-refractivity contribution in [3.8, 4) is 22.9 Å². The van der Waals surface area contributed by atoms with Gasteiger partial charge in [-0.15, -0.1) is 0 Å². The molecule has 0 bridgehead atoms. The van der Waals surface area contributed by atoms with Gasteiger partial charge >= 0.3 is 5.97 Å². The van der Waals surface area contributed by atoms with E-state index in [0.717, 1.165) is 0 Å². The quantitative estimate of drug-likeness (QED) is 0.282. The number of hydrogen-bond acceptors (Lipinski definition) is 9. The van der Waals surface area contributed by atoms with Crippen LogP contribution in [0.1, 0.15) is 23.1 Å². The van der Waals surface area contributed by atoms with Crippen molar-refractivity contribution in [3.63, 3.8) is 0 Å². The third-order valence-corrected chi connectivity index (χ3v) is 4.58. The number of anilines is 1. The summed E-state index contributed by atoms with van der Waals surface area (Å²) >= 11 is 0. The number of nitrogen functional groups attached to an aromatic ring is 1. The van der Waals surface area contributed by atoms with Gasteiger partial charge in [0.2, 0.25) is 11.7 Å². The summed E-state index contributed by atoms with van der Waals surface area (Å²) in [6.45, 7) is 1.67. The highest BCUT2D eigenvalue weighted by molar-refractivity contribution is 5.95. The van der Waals surface area contributed by atoms with Crippen LogP contribution < -0.4 is 20.5 Å². The van der Waals surface area contributed by atoms with Crippen LogP contribution in [0.4, 0.5) is 5.69 Å². The third kappa shape index (κ3) is 4.58. The van der Waals surface area contributed by atoms with Gasteiger partial charge in [0.25, 0.3) is 0 Å². The predicted molar refractivity (Wildman–Crippen MR) is 113 cm³/mol. The van der Waals surface area contributed by atoms with Gasteiger partial charge in [-0.25, -0.2) is 4.79 Å². The molecule has 1 heterocycles. The van der Waals surface area contributed by atoms with E-state index in [1.54, 1.807) is 43.3 Å². The van der Waals surface area contributed by atoms with Gasteiger partial charge in [-0.05, 0) is 36.4 Å². The summed E-state index contributed by atoms with van der Waals surface area (Å²) in [6.07, 6.45) is 0. The molecule has 162 valence electrons. The smallest absolute Gasteiger partial charge is 0.333 e. The number of aryl methyl sites for hydroxylation is 1. The van der Waals surface area contributed by atoms with Crippen molar-refractivity contribution in [1.82, 2.24) is 10.1 Å². The lowest BCUT2D eigenvalue weighted by Crippen LogP contribution is -2.23. The molecular weight excluding hydrogens is 402 g/mol. The Labute approximate surface area is 178 Å². The first kappa shape index (κ1) is 21.6. The van der Waals surface area contributed by atoms with Crippen LogP contribution in [-0.2, 0) is 9.53 Å². The van der Waals surface area contributed by atoms with Crippen LogP contribution in [0.3, 0.4) is 0 Å². The number of hydrogen-bond donors (Lipinski definition) is 3. The van der Waals surface area contributed by atoms with Crippen molar-refractivity contribution in [2.75, 3.05) is 26.6 Å². The molecule has 0 saturated carbocycles. The number of nitrogens with two attached hydrogens (primary N) is 1. The van der Waals surface area contributed by atoms with Crippen LogP contribution in [0.25, 0.3) is 11.4 Å². The van der Waals surface area contributed by atoms with Gasteiger partial charge in [0, 0.05) is 29.3 Å². The number of esters is 1. The van der Waals surface area contributed by atoms with Crippen molar-refractivity contribution >= 4 is 17.5 Å². The Hall–Kier alpha value is -4.08. The maximum absolute atomic E-state index is 12.8.